The summed E-state index contributed by atoms with van der Waals surface area (Å²) in [5.74, 6) is 1.80. The van der Waals surface area contributed by atoms with Gasteiger partial charge in [0.15, 0.2) is 6.29 Å². The lowest BCUT2D eigenvalue weighted by molar-refractivity contribution is -0.146. The van der Waals surface area contributed by atoms with Crippen molar-refractivity contribution in [2.45, 2.75) is 38.9 Å². The van der Waals surface area contributed by atoms with Crippen molar-refractivity contribution in [3.63, 3.8) is 0 Å². The smallest absolute Gasteiger partial charge is 0.306 e. The topological polar surface area (TPSA) is 54.0 Å². The van der Waals surface area contributed by atoms with E-state index in [9.17, 15) is 4.79 Å². The van der Waals surface area contributed by atoms with Crippen molar-refractivity contribution in [2.24, 2.45) is 5.92 Å². The maximum atomic E-state index is 11.9. The molecule has 3 atom stereocenters. The molecule has 120 valence electrons. The maximum absolute atomic E-state index is 11.9. The zero-order valence-electron chi connectivity index (χ0n) is 13.0. The van der Waals surface area contributed by atoms with Crippen molar-refractivity contribution < 1.29 is 23.7 Å². The van der Waals surface area contributed by atoms with Gasteiger partial charge in [0, 0.05) is 30.4 Å². The standard InChI is InChI=1S/C17H22O5/c1-3-19-15(18)8-11-10-21-13-6-5-7-14-17(13)12(11)9-16(22-14)20-4-2/h5-7,11-12,16H,3-4,8-10H2,1-2H3/t11-,12+,16-/m0/s1. The number of carbonyl (C=O) groups is 1. The van der Waals surface area contributed by atoms with Crippen LogP contribution in [0, 0.1) is 5.92 Å². The Morgan fingerprint density at radius 3 is 2.86 bits per heavy atom. The monoisotopic (exact) mass is 306 g/mol. The number of ether oxygens (including phenoxy) is 4. The molecule has 0 N–H and O–H groups in total. The second-order valence-electron chi connectivity index (χ2n) is 5.59. The Bertz CT molecular complexity index is 542. The molecule has 0 saturated heterocycles. The summed E-state index contributed by atoms with van der Waals surface area (Å²) in [6.45, 7) is 5.31. The molecule has 0 unspecified atom stereocenters. The zero-order chi connectivity index (χ0) is 15.5. The molecule has 0 aromatic heterocycles. The van der Waals surface area contributed by atoms with E-state index in [1.54, 1.807) is 0 Å². The Morgan fingerprint density at radius 1 is 1.27 bits per heavy atom. The van der Waals surface area contributed by atoms with Crippen LogP contribution in [0.3, 0.4) is 0 Å². The van der Waals surface area contributed by atoms with Gasteiger partial charge in [0.05, 0.1) is 19.6 Å². The van der Waals surface area contributed by atoms with Crippen LogP contribution in [-0.4, -0.2) is 32.1 Å². The molecular formula is C17H22O5. The molecule has 0 saturated carbocycles. The van der Waals surface area contributed by atoms with Crippen LogP contribution in [0.1, 0.15) is 38.2 Å². The summed E-state index contributed by atoms with van der Waals surface area (Å²) < 4.78 is 22.5. The highest BCUT2D eigenvalue weighted by Gasteiger charge is 2.40. The third kappa shape index (κ3) is 2.90. The fraction of sp³-hybridized carbons (Fsp3) is 0.588. The van der Waals surface area contributed by atoms with Crippen LogP contribution in [0.2, 0.25) is 0 Å². The molecule has 2 aliphatic rings. The van der Waals surface area contributed by atoms with E-state index in [0.717, 1.165) is 23.5 Å². The van der Waals surface area contributed by atoms with Crippen LogP contribution in [0.5, 0.6) is 11.5 Å². The molecule has 0 radical (unpaired) electrons. The number of esters is 1. The molecule has 1 aromatic carbocycles. The van der Waals surface area contributed by atoms with Crippen molar-refractivity contribution in [2.75, 3.05) is 19.8 Å². The summed E-state index contributed by atoms with van der Waals surface area (Å²) in [4.78, 5) is 11.9. The average molecular weight is 306 g/mol. The van der Waals surface area contributed by atoms with Crippen molar-refractivity contribution >= 4 is 5.97 Å². The van der Waals surface area contributed by atoms with Gasteiger partial charge in [0.1, 0.15) is 11.5 Å². The summed E-state index contributed by atoms with van der Waals surface area (Å²) in [5.41, 5.74) is 1.07. The van der Waals surface area contributed by atoms with Gasteiger partial charge in [-0.25, -0.2) is 0 Å². The van der Waals surface area contributed by atoms with Gasteiger partial charge in [-0.2, -0.15) is 0 Å². The minimum Gasteiger partial charge on any atom is -0.493 e. The molecule has 1 aromatic rings. The number of rotatable bonds is 5. The van der Waals surface area contributed by atoms with E-state index in [0.29, 0.717) is 26.2 Å². The fourth-order valence-corrected chi connectivity index (χ4v) is 3.30. The second kappa shape index (κ2) is 6.57. The van der Waals surface area contributed by atoms with Gasteiger partial charge in [-0.05, 0) is 26.0 Å². The number of benzene rings is 1. The molecule has 0 amide bonds. The first-order valence-electron chi connectivity index (χ1n) is 7.92. The van der Waals surface area contributed by atoms with Gasteiger partial charge < -0.3 is 18.9 Å². The lowest BCUT2D eigenvalue weighted by Gasteiger charge is -2.39. The molecule has 22 heavy (non-hydrogen) atoms. The molecule has 2 heterocycles. The Kier molecular flexibility index (Phi) is 4.52. The van der Waals surface area contributed by atoms with E-state index in [1.165, 1.54) is 0 Å². The van der Waals surface area contributed by atoms with Gasteiger partial charge in [-0.15, -0.1) is 0 Å². The Morgan fingerprint density at radius 2 is 2.09 bits per heavy atom. The van der Waals surface area contributed by atoms with Gasteiger partial charge in [-0.3, -0.25) is 4.79 Å². The highest BCUT2D eigenvalue weighted by Crippen LogP contribution is 2.49. The maximum Gasteiger partial charge on any atom is 0.306 e. The number of hydrogen-bond donors (Lipinski definition) is 0. The van der Waals surface area contributed by atoms with Gasteiger partial charge in [0.25, 0.3) is 0 Å². The Hall–Kier alpha value is -1.75. The Labute approximate surface area is 130 Å². The number of hydrogen-bond acceptors (Lipinski definition) is 5. The van der Waals surface area contributed by atoms with Gasteiger partial charge in [0.2, 0.25) is 0 Å². The average Bonchev–Trinajstić information content (AvgIpc) is 2.50. The lowest BCUT2D eigenvalue weighted by atomic mass is 9.78. The quantitative estimate of drug-likeness (QED) is 0.783. The van der Waals surface area contributed by atoms with Crippen molar-refractivity contribution in [1.29, 1.82) is 0 Å². The van der Waals surface area contributed by atoms with Crippen molar-refractivity contribution in [1.82, 2.24) is 0 Å². The van der Waals surface area contributed by atoms with E-state index < -0.39 is 0 Å². The number of carbonyl (C=O) groups excluding carboxylic acids is 1. The predicted octanol–water partition coefficient (Wildman–Crippen LogP) is 2.88. The molecule has 0 fully saturated rings. The van der Waals surface area contributed by atoms with Crippen LogP contribution in [-0.2, 0) is 14.3 Å². The summed E-state index contributed by atoms with van der Waals surface area (Å²) in [7, 11) is 0. The van der Waals surface area contributed by atoms with Crippen LogP contribution in [0.4, 0.5) is 0 Å². The first kappa shape index (κ1) is 15.2. The summed E-state index contributed by atoms with van der Waals surface area (Å²) in [5, 5.41) is 0. The van der Waals surface area contributed by atoms with Gasteiger partial charge in [-0.1, -0.05) is 6.07 Å². The van der Waals surface area contributed by atoms with Crippen molar-refractivity contribution in [3.05, 3.63) is 23.8 Å². The van der Waals surface area contributed by atoms with E-state index >= 15 is 0 Å². The van der Waals surface area contributed by atoms with E-state index in [1.807, 2.05) is 32.0 Å². The summed E-state index contributed by atoms with van der Waals surface area (Å²) >= 11 is 0. The molecule has 5 heteroatoms. The third-order valence-corrected chi connectivity index (χ3v) is 4.21. The minimum atomic E-state index is -0.263. The van der Waals surface area contributed by atoms with Crippen LogP contribution < -0.4 is 9.47 Å². The summed E-state index contributed by atoms with van der Waals surface area (Å²) in [6, 6.07) is 5.81. The predicted molar refractivity (Wildman–Crippen MR) is 80.1 cm³/mol. The van der Waals surface area contributed by atoms with Crippen LogP contribution in [0.15, 0.2) is 18.2 Å². The highest BCUT2D eigenvalue weighted by molar-refractivity contribution is 5.70. The minimum absolute atomic E-state index is 0.0968. The van der Waals surface area contributed by atoms with E-state index in [4.69, 9.17) is 18.9 Å². The fourth-order valence-electron chi connectivity index (χ4n) is 3.30. The molecule has 0 spiro atoms. The molecule has 3 rings (SSSR count). The van der Waals surface area contributed by atoms with E-state index in [2.05, 4.69) is 0 Å². The van der Waals surface area contributed by atoms with E-state index in [-0.39, 0.29) is 24.1 Å². The largest absolute Gasteiger partial charge is 0.493 e. The first-order chi connectivity index (χ1) is 10.7. The normalized spacial score (nSPS) is 25.6. The Balaban J connectivity index is 1.85. The molecule has 0 bridgehead atoms. The van der Waals surface area contributed by atoms with Crippen LogP contribution in [0.25, 0.3) is 0 Å². The molecular weight excluding hydrogens is 284 g/mol. The lowest BCUT2D eigenvalue weighted by Crippen LogP contribution is -2.37. The van der Waals surface area contributed by atoms with Gasteiger partial charge >= 0.3 is 5.97 Å². The zero-order valence-corrected chi connectivity index (χ0v) is 13.0. The molecule has 5 nitrogen and oxygen atoms in total. The highest BCUT2D eigenvalue weighted by atomic mass is 16.7. The van der Waals surface area contributed by atoms with Crippen molar-refractivity contribution in [3.8, 4) is 11.5 Å². The molecule has 0 aliphatic carbocycles. The summed E-state index contributed by atoms with van der Waals surface area (Å²) in [6.07, 6.45) is 0.844. The van der Waals surface area contributed by atoms with Crippen LogP contribution >= 0.6 is 0 Å². The second-order valence-corrected chi connectivity index (χ2v) is 5.59. The third-order valence-electron chi connectivity index (χ3n) is 4.21. The molecule has 2 aliphatic heterocycles. The SMILES string of the molecule is CCOC(=O)C[C@H]1COc2cccc3c2[C@@H]1C[C@@H](OCC)O3. The first-order valence-corrected chi connectivity index (χ1v) is 7.92.